The van der Waals surface area contributed by atoms with Crippen LogP contribution >= 0.6 is 0 Å². The molecular weight excluding hydrogens is 206 g/mol. The van der Waals surface area contributed by atoms with Gasteiger partial charge in [0, 0.05) is 30.8 Å². The van der Waals surface area contributed by atoms with Crippen LogP contribution in [-0.4, -0.2) is 30.8 Å². The highest BCUT2D eigenvalue weighted by molar-refractivity contribution is 5.11. The first kappa shape index (κ1) is 12.8. The Morgan fingerprint density at radius 1 is 1.62 bits per heavy atom. The maximum atomic E-state index is 9.26. The second-order valence-corrected chi connectivity index (χ2v) is 4.61. The molecule has 0 aromatic carbocycles. The summed E-state index contributed by atoms with van der Waals surface area (Å²) in [4.78, 5) is 2.67. The number of hydrogen-bond donors (Lipinski definition) is 1. The lowest BCUT2D eigenvalue weighted by Gasteiger charge is -2.41. The van der Waals surface area contributed by atoms with Crippen LogP contribution in [0.1, 0.15) is 26.7 Å². The average Bonchev–Trinajstić information content (AvgIpc) is 2.23. The summed E-state index contributed by atoms with van der Waals surface area (Å²) in [5.41, 5.74) is 7.33. The number of ether oxygens (including phenoxy) is 1. The summed E-state index contributed by atoms with van der Waals surface area (Å²) in [7, 11) is 0. The number of hydrogen-bond acceptors (Lipinski definition) is 4. The van der Waals surface area contributed by atoms with Gasteiger partial charge in [0.2, 0.25) is 0 Å². The molecule has 1 N–H and O–H groups in total. The van der Waals surface area contributed by atoms with Gasteiger partial charge >= 0.3 is 0 Å². The fourth-order valence-electron chi connectivity index (χ4n) is 2.04. The molecule has 1 aliphatic heterocycles. The zero-order chi connectivity index (χ0) is 12.1. The van der Waals surface area contributed by atoms with Crippen LogP contribution in [0, 0.1) is 11.3 Å². The number of nitrogens with zero attached hydrogens (tertiary/aromatic N) is 4. The Bertz CT molecular complexity index is 329. The lowest BCUT2D eigenvalue weighted by atomic mass is 9.82. The number of azide groups is 1. The van der Waals surface area contributed by atoms with E-state index < -0.39 is 5.54 Å². The highest BCUT2D eigenvalue weighted by Gasteiger charge is 2.40. The number of nitrogens with one attached hydrogen (secondary N) is 1. The Morgan fingerprint density at radius 2 is 2.38 bits per heavy atom. The van der Waals surface area contributed by atoms with Crippen molar-refractivity contribution in [2.45, 2.75) is 37.8 Å². The van der Waals surface area contributed by atoms with E-state index in [9.17, 15) is 5.26 Å². The van der Waals surface area contributed by atoms with Crippen LogP contribution in [0.15, 0.2) is 5.11 Å². The monoisotopic (exact) mass is 223 g/mol. The molecule has 1 rings (SSSR count). The minimum atomic E-state index is -0.549. The standard InChI is InChI=1S/C10H17N5O/c1-9(2)7-10(8-11,3-6-16-9)13-4-5-14-15-12/h13H,3-7H2,1-2H3. The zero-order valence-electron chi connectivity index (χ0n) is 9.73. The molecule has 0 amide bonds. The normalized spacial score (nSPS) is 27.8. The van der Waals surface area contributed by atoms with E-state index >= 15 is 0 Å². The van der Waals surface area contributed by atoms with Gasteiger partial charge in [-0.3, -0.25) is 5.32 Å². The van der Waals surface area contributed by atoms with Gasteiger partial charge in [-0.1, -0.05) is 5.11 Å². The van der Waals surface area contributed by atoms with Crippen LogP contribution in [0.2, 0.25) is 0 Å². The van der Waals surface area contributed by atoms with Gasteiger partial charge in [0.05, 0.1) is 18.3 Å². The molecule has 0 bridgehead atoms. The van der Waals surface area contributed by atoms with Gasteiger partial charge in [-0.05, 0) is 19.4 Å². The van der Waals surface area contributed by atoms with Crippen LogP contribution in [0.5, 0.6) is 0 Å². The Morgan fingerprint density at radius 3 is 2.94 bits per heavy atom. The van der Waals surface area contributed by atoms with Gasteiger partial charge in [-0.15, -0.1) is 0 Å². The Labute approximate surface area is 95.2 Å². The van der Waals surface area contributed by atoms with Gasteiger partial charge < -0.3 is 4.74 Å². The summed E-state index contributed by atoms with van der Waals surface area (Å²) in [5.74, 6) is 0. The Kier molecular flexibility index (Phi) is 4.13. The fourth-order valence-corrected chi connectivity index (χ4v) is 2.04. The lowest BCUT2D eigenvalue weighted by molar-refractivity contribution is -0.0758. The molecule has 0 aromatic heterocycles. The molecule has 1 heterocycles. The van der Waals surface area contributed by atoms with E-state index in [2.05, 4.69) is 21.4 Å². The maximum Gasteiger partial charge on any atom is 0.111 e. The first-order valence-electron chi connectivity index (χ1n) is 5.35. The highest BCUT2D eigenvalue weighted by atomic mass is 16.5. The van der Waals surface area contributed by atoms with Crippen molar-refractivity contribution < 1.29 is 4.74 Å². The van der Waals surface area contributed by atoms with Crippen LogP contribution in [0.3, 0.4) is 0 Å². The summed E-state index contributed by atoms with van der Waals surface area (Å²) in [5, 5.41) is 15.9. The van der Waals surface area contributed by atoms with E-state index in [1.54, 1.807) is 0 Å². The summed E-state index contributed by atoms with van der Waals surface area (Å²) in [6, 6.07) is 2.32. The molecule has 1 aliphatic rings. The first-order chi connectivity index (χ1) is 7.54. The largest absolute Gasteiger partial charge is 0.375 e. The quantitative estimate of drug-likeness (QED) is 0.340. The van der Waals surface area contributed by atoms with Crippen molar-refractivity contribution in [2.75, 3.05) is 19.7 Å². The van der Waals surface area contributed by atoms with Crippen molar-refractivity contribution in [1.82, 2.24) is 5.32 Å². The molecule has 0 spiro atoms. The first-order valence-corrected chi connectivity index (χ1v) is 5.35. The predicted octanol–water partition coefficient (Wildman–Crippen LogP) is 1.74. The minimum Gasteiger partial charge on any atom is -0.375 e. The molecule has 6 heteroatoms. The molecular formula is C10H17N5O. The van der Waals surface area contributed by atoms with E-state index in [1.165, 1.54) is 0 Å². The van der Waals surface area contributed by atoms with E-state index in [-0.39, 0.29) is 5.60 Å². The summed E-state index contributed by atoms with van der Waals surface area (Å²) >= 11 is 0. The topological polar surface area (TPSA) is 93.8 Å². The third-order valence-corrected chi connectivity index (χ3v) is 2.70. The second kappa shape index (κ2) is 5.17. The van der Waals surface area contributed by atoms with E-state index in [4.69, 9.17) is 10.3 Å². The zero-order valence-corrected chi connectivity index (χ0v) is 9.73. The Hall–Kier alpha value is -1.28. The van der Waals surface area contributed by atoms with Gasteiger partial charge in [-0.2, -0.15) is 5.26 Å². The molecule has 0 radical (unpaired) electrons. The molecule has 1 saturated heterocycles. The van der Waals surface area contributed by atoms with Crippen molar-refractivity contribution in [3.8, 4) is 6.07 Å². The minimum absolute atomic E-state index is 0.278. The van der Waals surface area contributed by atoms with Gasteiger partial charge in [0.25, 0.3) is 0 Å². The molecule has 0 saturated carbocycles. The molecule has 16 heavy (non-hydrogen) atoms. The van der Waals surface area contributed by atoms with Crippen LogP contribution in [-0.2, 0) is 4.74 Å². The van der Waals surface area contributed by atoms with Crippen molar-refractivity contribution in [2.24, 2.45) is 5.11 Å². The Balaban J connectivity index is 2.56. The average molecular weight is 223 g/mol. The third-order valence-electron chi connectivity index (χ3n) is 2.70. The fraction of sp³-hybridized carbons (Fsp3) is 0.900. The summed E-state index contributed by atoms with van der Waals surface area (Å²) in [6.45, 7) is 5.42. The maximum absolute atomic E-state index is 9.26. The third kappa shape index (κ3) is 3.38. The highest BCUT2D eigenvalue weighted by Crippen LogP contribution is 2.31. The summed E-state index contributed by atoms with van der Waals surface area (Å²) < 4.78 is 5.58. The van der Waals surface area contributed by atoms with Crippen molar-refractivity contribution >= 4 is 0 Å². The number of nitriles is 1. The van der Waals surface area contributed by atoms with E-state index in [1.807, 2.05) is 13.8 Å². The van der Waals surface area contributed by atoms with E-state index in [0.29, 0.717) is 32.5 Å². The predicted molar refractivity (Wildman–Crippen MR) is 59.6 cm³/mol. The van der Waals surface area contributed by atoms with Crippen molar-refractivity contribution in [3.63, 3.8) is 0 Å². The van der Waals surface area contributed by atoms with Gasteiger partial charge in [0.15, 0.2) is 0 Å². The van der Waals surface area contributed by atoms with Crippen LogP contribution < -0.4 is 5.32 Å². The molecule has 1 fully saturated rings. The van der Waals surface area contributed by atoms with Gasteiger partial charge in [0.1, 0.15) is 5.54 Å². The summed E-state index contributed by atoms with van der Waals surface area (Å²) in [6.07, 6.45) is 1.32. The van der Waals surface area contributed by atoms with Gasteiger partial charge in [-0.25, -0.2) is 0 Å². The van der Waals surface area contributed by atoms with Crippen LogP contribution in [0.25, 0.3) is 10.4 Å². The molecule has 0 aromatic rings. The van der Waals surface area contributed by atoms with Crippen molar-refractivity contribution in [3.05, 3.63) is 10.4 Å². The molecule has 88 valence electrons. The lowest BCUT2D eigenvalue weighted by Crippen LogP contribution is -2.54. The molecule has 0 aliphatic carbocycles. The van der Waals surface area contributed by atoms with Crippen molar-refractivity contribution in [1.29, 1.82) is 5.26 Å². The SMILES string of the molecule is CC1(C)CC(C#N)(NCCN=[N+]=[N-])CCO1. The smallest absolute Gasteiger partial charge is 0.111 e. The molecule has 6 nitrogen and oxygen atoms in total. The number of rotatable bonds is 4. The van der Waals surface area contributed by atoms with Crippen LogP contribution in [0.4, 0.5) is 0 Å². The molecule has 1 atom stereocenters. The second-order valence-electron chi connectivity index (χ2n) is 4.61. The van der Waals surface area contributed by atoms with E-state index in [0.717, 1.165) is 0 Å². The molecule has 1 unspecified atom stereocenters.